The number of rotatable bonds is 2. The monoisotopic (exact) mass is 255 g/mol. The van der Waals surface area contributed by atoms with Gasteiger partial charge in [-0.15, -0.1) is 5.10 Å². The zero-order valence-electron chi connectivity index (χ0n) is 7.27. The van der Waals surface area contributed by atoms with E-state index in [9.17, 15) is 4.79 Å². The van der Waals surface area contributed by atoms with Crippen molar-refractivity contribution in [2.75, 3.05) is 7.11 Å². The Kier molecular flexibility index (Phi) is 2.20. The van der Waals surface area contributed by atoms with Crippen molar-refractivity contribution < 1.29 is 9.53 Å². The SMILES string of the molecule is COc1ccc2nc(C=O)c(Br)n2n1. The molecule has 0 saturated heterocycles. The predicted octanol–water partition coefficient (Wildman–Crippen LogP) is 1.31. The Hall–Kier alpha value is -1.43. The lowest BCUT2D eigenvalue weighted by Gasteiger charge is -1.98. The van der Waals surface area contributed by atoms with E-state index in [0.717, 1.165) is 0 Å². The van der Waals surface area contributed by atoms with Gasteiger partial charge in [-0.25, -0.2) is 9.50 Å². The number of ether oxygens (including phenoxy) is 1. The number of imidazole rings is 1. The molecule has 0 fully saturated rings. The number of aromatic nitrogens is 3. The molecule has 0 aliphatic carbocycles. The zero-order chi connectivity index (χ0) is 10.1. The molecule has 0 N–H and O–H groups in total. The topological polar surface area (TPSA) is 56.5 Å². The van der Waals surface area contributed by atoms with Gasteiger partial charge in [-0.3, -0.25) is 4.79 Å². The van der Waals surface area contributed by atoms with Crippen molar-refractivity contribution in [1.82, 2.24) is 14.6 Å². The molecule has 0 aromatic carbocycles. The van der Waals surface area contributed by atoms with Gasteiger partial charge in [0.15, 0.2) is 11.9 Å². The highest BCUT2D eigenvalue weighted by Gasteiger charge is 2.09. The molecule has 0 unspecified atom stereocenters. The fourth-order valence-corrected chi connectivity index (χ4v) is 1.53. The average molecular weight is 256 g/mol. The van der Waals surface area contributed by atoms with Gasteiger partial charge in [0.25, 0.3) is 0 Å². The number of hydrogen-bond donors (Lipinski definition) is 0. The van der Waals surface area contributed by atoms with Gasteiger partial charge in [-0.05, 0) is 22.0 Å². The van der Waals surface area contributed by atoms with Crippen LogP contribution in [0.1, 0.15) is 10.5 Å². The van der Waals surface area contributed by atoms with E-state index in [1.807, 2.05) is 0 Å². The van der Waals surface area contributed by atoms with Gasteiger partial charge in [-0.2, -0.15) is 0 Å². The Morgan fingerprint density at radius 2 is 2.36 bits per heavy atom. The van der Waals surface area contributed by atoms with Crippen LogP contribution in [-0.2, 0) is 0 Å². The molecule has 0 saturated carbocycles. The Balaban J connectivity index is 2.74. The van der Waals surface area contributed by atoms with Gasteiger partial charge >= 0.3 is 0 Å². The summed E-state index contributed by atoms with van der Waals surface area (Å²) in [5, 5.41) is 4.09. The van der Waals surface area contributed by atoms with Gasteiger partial charge in [0.1, 0.15) is 10.3 Å². The van der Waals surface area contributed by atoms with E-state index in [1.54, 1.807) is 12.1 Å². The molecule has 0 radical (unpaired) electrons. The Bertz CT molecular complexity index is 495. The second-order valence-corrected chi connectivity index (χ2v) is 3.30. The standard InChI is InChI=1S/C8H6BrN3O2/c1-14-7-3-2-6-10-5(4-13)8(9)12(6)11-7/h2-4H,1H3. The normalized spacial score (nSPS) is 10.4. The van der Waals surface area contributed by atoms with Gasteiger partial charge in [-0.1, -0.05) is 0 Å². The van der Waals surface area contributed by atoms with Gasteiger partial charge in [0.2, 0.25) is 5.88 Å². The van der Waals surface area contributed by atoms with Crippen molar-refractivity contribution in [2.24, 2.45) is 0 Å². The van der Waals surface area contributed by atoms with E-state index in [-0.39, 0.29) is 0 Å². The second-order valence-electron chi connectivity index (χ2n) is 2.55. The molecule has 2 rings (SSSR count). The van der Waals surface area contributed by atoms with Crippen LogP contribution in [0.3, 0.4) is 0 Å². The van der Waals surface area contributed by atoms with Crippen LogP contribution in [0.5, 0.6) is 5.88 Å². The number of carbonyl (C=O) groups excluding carboxylic acids is 1. The molecule has 72 valence electrons. The summed E-state index contributed by atoms with van der Waals surface area (Å²) in [4.78, 5) is 14.6. The molecule has 14 heavy (non-hydrogen) atoms. The first-order chi connectivity index (χ1) is 6.76. The summed E-state index contributed by atoms with van der Waals surface area (Å²) in [6, 6.07) is 3.41. The molecule has 5 nitrogen and oxygen atoms in total. The summed E-state index contributed by atoms with van der Waals surface area (Å²) in [5.74, 6) is 0.466. The van der Waals surface area contributed by atoms with Crippen LogP contribution in [0, 0.1) is 0 Å². The van der Waals surface area contributed by atoms with Crippen LogP contribution in [0.2, 0.25) is 0 Å². The van der Waals surface area contributed by atoms with Crippen molar-refractivity contribution >= 4 is 27.9 Å². The maximum absolute atomic E-state index is 10.6. The summed E-state index contributed by atoms with van der Waals surface area (Å²) in [6.07, 6.45) is 0.672. The molecule has 2 aromatic heterocycles. The molecule has 0 aliphatic heterocycles. The van der Waals surface area contributed by atoms with Gasteiger partial charge in [0, 0.05) is 6.07 Å². The van der Waals surface area contributed by atoms with Crippen LogP contribution < -0.4 is 4.74 Å². The second kappa shape index (κ2) is 3.38. The highest BCUT2D eigenvalue weighted by atomic mass is 79.9. The highest BCUT2D eigenvalue weighted by molar-refractivity contribution is 9.10. The molecule has 6 heteroatoms. The minimum Gasteiger partial charge on any atom is -0.480 e. The van der Waals surface area contributed by atoms with Crippen molar-refractivity contribution in [3.8, 4) is 5.88 Å². The fraction of sp³-hybridized carbons (Fsp3) is 0.125. The van der Waals surface area contributed by atoms with Crippen molar-refractivity contribution in [3.05, 3.63) is 22.4 Å². The third-order valence-corrected chi connectivity index (χ3v) is 2.49. The number of aldehydes is 1. The molecule has 0 spiro atoms. The van der Waals surface area contributed by atoms with E-state index in [4.69, 9.17) is 4.74 Å². The van der Waals surface area contributed by atoms with Crippen LogP contribution in [0.15, 0.2) is 16.7 Å². The van der Waals surface area contributed by atoms with Crippen LogP contribution in [-0.4, -0.2) is 28.0 Å². The number of hydrogen-bond acceptors (Lipinski definition) is 4. The Labute approximate surface area is 87.8 Å². The summed E-state index contributed by atoms with van der Waals surface area (Å²) in [7, 11) is 1.53. The third-order valence-electron chi connectivity index (χ3n) is 1.74. The fourth-order valence-electron chi connectivity index (χ4n) is 1.09. The van der Waals surface area contributed by atoms with E-state index in [1.165, 1.54) is 11.6 Å². The van der Waals surface area contributed by atoms with Crippen LogP contribution >= 0.6 is 15.9 Å². The minimum absolute atomic E-state index is 0.325. The maximum atomic E-state index is 10.6. The summed E-state index contributed by atoms with van der Waals surface area (Å²) in [6.45, 7) is 0. The summed E-state index contributed by atoms with van der Waals surface area (Å²) < 4.78 is 6.98. The molecule has 2 aromatic rings. The lowest BCUT2D eigenvalue weighted by molar-refractivity contribution is 0.111. The first-order valence-corrected chi connectivity index (χ1v) is 4.60. The molecule has 0 atom stereocenters. The lowest BCUT2D eigenvalue weighted by Crippen LogP contribution is -1.95. The Morgan fingerprint density at radius 1 is 1.57 bits per heavy atom. The third kappa shape index (κ3) is 1.27. The predicted molar refractivity (Wildman–Crippen MR) is 52.6 cm³/mol. The largest absolute Gasteiger partial charge is 0.480 e. The molecular weight excluding hydrogens is 250 g/mol. The smallest absolute Gasteiger partial charge is 0.231 e. The molecular formula is C8H6BrN3O2. The molecule has 0 bridgehead atoms. The van der Waals surface area contributed by atoms with E-state index < -0.39 is 0 Å². The summed E-state index contributed by atoms with van der Waals surface area (Å²) >= 11 is 3.23. The number of nitrogens with zero attached hydrogens (tertiary/aromatic N) is 3. The number of halogens is 1. The minimum atomic E-state index is 0.325. The van der Waals surface area contributed by atoms with E-state index in [0.29, 0.717) is 28.1 Å². The zero-order valence-corrected chi connectivity index (χ0v) is 8.85. The first kappa shape index (κ1) is 9.14. The van der Waals surface area contributed by atoms with Crippen LogP contribution in [0.25, 0.3) is 5.65 Å². The quantitative estimate of drug-likeness (QED) is 0.760. The maximum Gasteiger partial charge on any atom is 0.231 e. The number of carbonyl (C=O) groups is 1. The molecule has 0 aliphatic rings. The lowest BCUT2D eigenvalue weighted by atomic mass is 10.5. The van der Waals surface area contributed by atoms with Crippen molar-refractivity contribution in [1.29, 1.82) is 0 Å². The van der Waals surface area contributed by atoms with Crippen molar-refractivity contribution in [3.63, 3.8) is 0 Å². The first-order valence-electron chi connectivity index (χ1n) is 3.80. The van der Waals surface area contributed by atoms with Gasteiger partial charge < -0.3 is 4.74 Å². The highest BCUT2D eigenvalue weighted by Crippen LogP contribution is 2.18. The average Bonchev–Trinajstić information content (AvgIpc) is 2.55. The molecule has 0 amide bonds. The summed E-state index contributed by atoms with van der Waals surface area (Å²) in [5.41, 5.74) is 0.922. The molecule has 2 heterocycles. The van der Waals surface area contributed by atoms with E-state index in [2.05, 4.69) is 26.0 Å². The van der Waals surface area contributed by atoms with Crippen LogP contribution in [0.4, 0.5) is 0 Å². The number of fused-ring (bicyclic) bond motifs is 1. The van der Waals surface area contributed by atoms with Crippen molar-refractivity contribution in [2.45, 2.75) is 0 Å². The Morgan fingerprint density at radius 3 is 3.00 bits per heavy atom. The number of methoxy groups -OCH3 is 1. The van der Waals surface area contributed by atoms with E-state index >= 15 is 0 Å². The van der Waals surface area contributed by atoms with Gasteiger partial charge in [0.05, 0.1) is 7.11 Å².